The van der Waals surface area contributed by atoms with E-state index in [0.717, 1.165) is 5.56 Å². The van der Waals surface area contributed by atoms with Crippen molar-refractivity contribution in [2.24, 2.45) is 17.6 Å². The Kier molecular flexibility index (Phi) is 3.66. The highest BCUT2D eigenvalue weighted by molar-refractivity contribution is 5.82. The van der Waals surface area contributed by atoms with E-state index in [1.807, 2.05) is 12.1 Å². The molecule has 4 nitrogen and oxygen atoms in total. The molecule has 2 fully saturated rings. The molecule has 0 heterocycles. The summed E-state index contributed by atoms with van der Waals surface area (Å²) in [6, 6.07) is 6.70. The zero-order valence-corrected chi connectivity index (χ0v) is 11.6. The smallest absolute Gasteiger partial charge is 0.237 e. The maximum atomic E-state index is 12.2. The predicted octanol–water partition coefficient (Wildman–Crippen LogP) is 1.57. The highest BCUT2D eigenvalue weighted by Gasteiger charge is 2.42. The number of phenolic OH excluding ortho intramolecular Hbond substituents is 1. The number of phenols is 1. The molecule has 1 aromatic carbocycles. The lowest BCUT2D eigenvalue weighted by molar-refractivity contribution is -0.123. The maximum Gasteiger partial charge on any atom is 0.237 e. The van der Waals surface area contributed by atoms with Crippen molar-refractivity contribution in [3.63, 3.8) is 0 Å². The fraction of sp³-hybridized carbons (Fsp3) is 0.562. The second-order valence-electron chi connectivity index (χ2n) is 6.19. The molecule has 0 saturated heterocycles. The Morgan fingerprint density at radius 3 is 2.25 bits per heavy atom. The lowest BCUT2D eigenvalue weighted by Gasteiger charge is -2.20. The van der Waals surface area contributed by atoms with Crippen LogP contribution in [0, 0.1) is 11.8 Å². The largest absolute Gasteiger partial charge is 0.508 e. The van der Waals surface area contributed by atoms with Crippen LogP contribution in [0.2, 0.25) is 0 Å². The number of carbonyl (C=O) groups excluding carboxylic acids is 1. The standard InChI is InChI=1S/C16H22N2O2/c17-14(9-10-1-7-13(19)8-2-10)16(20)18-15(11-3-4-11)12-5-6-12/h1-2,7-8,11-12,14-15,19H,3-6,9,17H2,(H,18,20)/t14-/m1/s1. The van der Waals surface area contributed by atoms with Crippen LogP contribution in [0.5, 0.6) is 5.75 Å². The Hall–Kier alpha value is -1.55. The Labute approximate surface area is 119 Å². The molecule has 0 aromatic heterocycles. The monoisotopic (exact) mass is 274 g/mol. The topological polar surface area (TPSA) is 75.3 Å². The summed E-state index contributed by atoms with van der Waals surface area (Å²) in [6.45, 7) is 0. The van der Waals surface area contributed by atoms with Gasteiger partial charge in [0.1, 0.15) is 5.75 Å². The van der Waals surface area contributed by atoms with Crippen molar-refractivity contribution in [2.75, 3.05) is 0 Å². The minimum absolute atomic E-state index is 0.0399. The fourth-order valence-corrected chi connectivity index (χ4v) is 2.78. The molecule has 0 spiro atoms. The number of nitrogens with two attached hydrogens (primary N) is 1. The third-order valence-electron chi connectivity index (χ3n) is 4.30. The van der Waals surface area contributed by atoms with Gasteiger partial charge in [0, 0.05) is 6.04 Å². The summed E-state index contributed by atoms with van der Waals surface area (Å²) in [5.41, 5.74) is 6.97. The molecule has 1 aromatic rings. The summed E-state index contributed by atoms with van der Waals surface area (Å²) in [5.74, 6) is 1.57. The van der Waals surface area contributed by atoms with Crippen LogP contribution in [-0.2, 0) is 11.2 Å². The molecule has 0 aliphatic heterocycles. The van der Waals surface area contributed by atoms with Crippen LogP contribution in [0.25, 0.3) is 0 Å². The zero-order chi connectivity index (χ0) is 14.1. The normalized spacial score (nSPS) is 19.9. The van der Waals surface area contributed by atoms with Crippen LogP contribution in [0.3, 0.4) is 0 Å². The third kappa shape index (κ3) is 3.31. The van der Waals surface area contributed by atoms with Gasteiger partial charge in [0.25, 0.3) is 0 Å². The van der Waals surface area contributed by atoms with Gasteiger partial charge in [0.2, 0.25) is 5.91 Å². The van der Waals surface area contributed by atoms with Crippen LogP contribution in [0.4, 0.5) is 0 Å². The molecular formula is C16H22N2O2. The van der Waals surface area contributed by atoms with E-state index in [4.69, 9.17) is 5.73 Å². The van der Waals surface area contributed by atoms with E-state index in [1.165, 1.54) is 25.7 Å². The first-order chi connectivity index (χ1) is 9.63. The zero-order valence-electron chi connectivity index (χ0n) is 11.6. The number of rotatable bonds is 6. The van der Waals surface area contributed by atoms with Gasteiger partial charge < -0.3 is 16.2 Å². The van der Waals surface area contributed by atoms with Crippen LogP contribution in [-0.4, -0.2) is 23.1 Å². The molecule has 1 amide bonds. The average Bonchev–Trinajstić information content (AvgIpc) is 3.29. The maximum absolute atomic E-state index is 12.2. The van der Waals surface area contributed by atoms with E-state index in [0.29, 0.717) is 24.3 Å². The van der Waals surface area contributed by atoms with E-state index in [9.17, 15) is 9.90 Å². The molecule has 3 rings (SSSR count). The predicted molar refractivity (Wildman–Crippen MR) is 77.2 cm³/mol. The van der Waals surface area contributed by atoms with E-state index < -0.39 is 6.04 Å². The van der Waals surface area contributed by atoms with E-state index in [2.05, 4.69) is 5.32 Å². The van der Waals surface area contributed by atoms with Gasteiger partial charge in [0.05, 0.1) is 6.04 Å². The molecule has 0 unspecified atom stereocenters. The van der Waals surface area contributed by atoms with Crippen molar-refractivity contribution in [1.29, 1.82) is 0 Å². The molecular weight excluding hydrogens is 252 g/mol. The van der Waals surface area contributed by atoms with Gasteiger partial charge >= 0.3 is 0 Å². The number of benzene rings is 1. The molecule has 4 heteroatoms. The lowest BCUT2D eigenvalue weighted by Crippen LogP contribution is -2.48. The SMILES string of the molecule is N[C@H](Cc1ccc(O)cc1)C(=O)NC(C1CC1)C1CC1. The molecule has 2 aliphatic rings. The van der Waals surface area contributed by atoms with Gasteiger partial charge in [-0.1, -0.05) is 12.1 Å². The van der Waals surface area contributed by atoms with Crippen molar-refractivity contribution in [3.8, 4) is 5.75 Å². The van der Waals surface area contributed by atoms with Crippen LogP contribution in [0.15, 0.2) is 24.3 Å². The first-order valence-electron chi connectivity index (χ1n) is 7.47. The van der Waals surface area contributed by atoms with Gasteiger partial charge in [-0.3, -0.25) is 4.79 Å². The molecule has 1 atom stereocenters. The highest BCUT2D eigenvalue weighted by Crippen LogP contribution is 2.44. The molecule has 0 radical (unpaired) electrons. The van der Waals surface area contributed by atoms with Crippen molar-refractivity contribution >= 4 is 5.91 Å². The fourth-order valence-electron chi connectivity index (χ4n) is 2.78. The van der Waals surface area contributed by atoms with Gasteiger partial charge in [-0.2, -0.15) is 0 Å². The summed E-state index contributed by atoms with van der Waals surface area (Å²) in [4.78, 5) is 12.2. The highest BCUT2D eigenvalue weighted by atomic mass is 16.3. The summed E-state index contributed by atoms with van der Waals surface area (Å²) in [7, 11) is 0. The third-order valence-corrected chi connectivity index (χ3v) is 4.30. The first kappa shape index (κ1) is 13.4. The number of carbonyl (C=O) groups is 1. The van der Waals surface area contributed by atoms with Crippen molar-refractivity contribution in [3.05, 3.63) is 29.8 Å². The molecule has 108 valence electrons. The van der Waals surface area contributed by atoms with E-state index >= 15 is 0 Å². The number of nitrogens with one attached hydrogen (secondary N) is 1. The van der Waals surface area contributed by atoms with Crippen molar-refractivity contribution < 1.29 is 9.90 Å². The Balaban J connectivity index is 1.54. The summed E-state index contributed by atoms with van der Waals surface area (Å²) in [6.07, 6.45) is 5.49. The second-order valence-corrected chi connectivity index (χ2v) is 6.19. The number of amides is 1. The average molecular weight is 274 g/mol. The summed E-state index contributed by atoms with van der Waals surface area (Å²) < 4.78 is 0. The number of hydrogen-bond donors (Lipinski definition) is 3. The van der Waals surface area contributed by atoms with Crippen molar-refractivity contribution in [1.82, 2.24) is 5.32 Å². The van der Waals surface area contributed by atoms with Crippen LogP contribution in [0.1, 0.15) is 31.2 Å². The van der Waals surface area contributed by atoms with E-state index in [-0.39, 0.29) is 11.7 Å². The van der Waals surface area contributed by atoms with Crippen molar-refractivity contribution in [2.45, 2.75) is 44.2 Å². The summed E-state index contributed by atoms with van der Waals surface area (Å²) >= 11 is 0. The van der Waals surface area contributed by atoms with Crippen LogP contribution < -0.4 is 11.1 Å². The molecule has 0 bridgehead atoms. The number of hydrogen-bond acceptors (Lipinski definition) is 3. The molecule has 20 heavy (non-hydrogen) atoms. The van der Waals surface area contributed by atoms with E-state index in [1.54, 1.807) is 12.1 Å². The molecule has 4 N–H and O–H groups in total. The van der Waals surface area contributed by atoms with Gasteiger partial charge in [-0.25, -0.2) is 0 Å². The van der Waals surface area contributed by atoms with Crippen LogP contribution >= 0.6 is 0 Å². The number of aromatic hydroxyl groups is 1. The minimum Gasteiger partial charge on any atom is -0.508 e. The Morgan fingerprint density at radius 2 is 1.75 bits per heavy atom. The van der Waals surface area contributed by atoms with Gasteiger partial charge in [0.15, 0.2) is 0 Å². The van der Waals surface area contributed by atoms with Gasteiger partial charge in [-0.15, -0.1) is 0 Å². The summed E-state index contributed by atoms with van der Waals surface area (Å²) in [5, 5.41) is 12.4. The molecule has 2 saturated carbocycles. The van der Waals surface area contributed by atoms with Gasteiger partial charge in [-0.05, 0) is 61.6 Å². The first-order valence-corrected chi connectivity index (χ1v) is 7.47. The quantitative estimate of drug-likeness (QED) is 0.737. The Bertz CT molecular complexity index is 466. The second kappa shape index (κ2) is 5.44. The minimum atomic E-state index is -0.514. The Morgan fingerprint density at radius 1 is 1.20 bits per heavy atom. The molecule has 2 aliphatic carbocycles. The lowest BCUT2D eigenvalue weighted by atomic mass is 10.0.